The Morgan fingerprint density at radius 2 is 1.67 bits per heavy atom. The van der Waals surface area contributed by atoms with Gasteiger partial charge in [-0.2, -0.15) is 4.31 Å². The van der Waals surface area contributed by atoms with Crippen LogP contribution in [-0.4, -0.2) is 36.0 Å². The largest absolute Gasteiger partial charge is 0.243 e. The topological polar surface area (TPSA) is 63.2 Å². The maximum atomic E-state index is 13.2. The highest BCUT2D eigenvalue weighted by atomic mass is 32.2. The second kappa shape index (κ2) is 7.60. The maximum absolute atomic E-state index is 13.2. The van der Waals surface area contributed by atoms with E-state index in [-0.39, 0.29) is 5.92 Å². The smallest absolute Gasteiger partial charge is 0.207 e. The molecule has 2 heterocycles. The number of aryl methyl sites for hydroxylation is 2. The van der Waals surface area contributed by atoms with Crippen LogP contribution in [0.2, 0.25) is 0 Å². The minimum absolute atomic E-state index is 0.159. The van der Waals surface area contributed by atoms with E-state index in [0.717, 1.165) is 34.0 Å². The molecule has 0 spiro atoms. The van der Waals surface area contributed by atoms with E-state index in [1.165, 1.54) is 25.7 Å². The Morgan fingerprint density at radius 3 is 2.37 bits per heavy atom. The first-order valence-corrected chi connectivity index (χ1v) is 12.1. The lowest BCUT2D eigenvalue weighted by molar-refractivity contribution is 0.314. The molecule has 7 heteroatoms. The molecule has 4 rings (SSSR count). The SMILES string of the molecule is Cc1ccc(S(=O)(=O)N2CCCC(c3nnc(C4CCCC4)s3)C2)c(C)c1. The number of nitrogens with zero attached hydrogens (tertiary/aromatic N) is 3. The zero-order chi connectivity index (χ0) is 19.0. The third-order valence-corrected chi connectivity index (χ3v) is 9.12. The molecule has 1 aromatic heterocycles. The van der Waals surface area contributed by atoms with Crippen LogP contribution in [0.4, 0.5) is 0 Å². The summed E-state index contributed by atoms with van der Waals surface area (Å²) in [4.78, 5) is 0.428. The van der Waals surface area contributed by atoms with Gasteiger partial charge in [-0.1, -0.05) is 30.5 Å². The van der Waals surface area contributed by atoms with E-state index in [1.807, 2.05) is 26.0 Å². The van der Waals surface area contributed by atoms with Crippen molar-refractivity contribution in [2.45, 2.75) is 69.1 Å². The molecule has 0 bridgehead atoms. The van der Waals surface area contributed by atoms with Gasteiger partial charge in [-0.3, -0.25) is 0 Å². The highest BCUT2D eigenvalue weighted by Crippen LogP contribution is 2.38. The lowest BCUT2D eigenvalue weighted by Gasteiger charge is -2.31. The second-order valence-electron chi connectivity index (χ2n) is 7.93. The van der Waals surface area contributed by atoms with Crippen LogP contribution >= 0.6 is 11.3 Å². The van der Waals surface area contributed by atoms with Gasteiger partial charge in [0.05, 0.1) is 4.90 Å². The van der Waals surface area contributed by atoms with Crippen molar-refractivity contribution in [2.24, 2.45) is 0 Å². The van der Waals surface area contributed by atoms with Crippen LogP contribution in [0.5, 0.6) is 0 Å². The van der Waals surface area contributed by atoms with Gasteiger partial charge in [0.15, 0.2) is 0 Å². The van der Waals surface area contributed by atoms with Crippen molar-refractivity contribution in [3.63, 3.8) is 0 Å². The average Bonchev–Trinajstić information content (AvgIpc) is 3.33. The van der Waals surface area contributed by atoms with Crippen molar-refractivity contribution in [2.75, 3.05) is 13.1 Å². The third-order valence-electron chi connectivity index (χ3n) is 5.84. The van der Waals surface area contributed by atoms with Gasteiger partial charge in [0.1, 0.15) is 10.0 Å². The van der Waals surface area contributed by atoms with Crippen molar-refractivity contribution < 1.29 is 8.42 Å². The van der Waals surface area contributed by atoms with Gasteiger partial charge < -0.3 is 0 Å². The van der Waals surface area contributed by atoms with E-state index < -0.39 is 10.0 Å². The molecule has 1 saturated carbocycles. The summed E-state index contributed by atoms with van der Waals surface area (Å²) in [6, 6.07) is 5.56. The molecule has 2 aliphatic rings. The number of piperidine rings is 1. The Balaban J connectivity index is 1.54. The molecular formula is C20H27N3O2S2. The summed E-state index contributed by atoms with van der Waals surface area (Å²) in [5.41, 5.74) is 1.90. The molecule has 0 amide bonds. The van der Waals surface area contributed by atoms with E-state index in [4.69, 9.17) is 0 Å². The summed E-state index contributed by atoms with van der Waals surface area (Å²) in [6.45, 7) is 4.95. The fourth-order valence-corrected chi connectivity index (χ4v) is 7.21. The van der Waals surface area contributed by atoms with Crippen molar-refractivity contribution in [1.29, 1.82) is 0 Å². The van der Waals surface area contributed by atoms with Gasteiger partial charge in [-0.15, -0.1) is 21.5 Å². The lowest BCUT2D eigenvalue weighted by Crippen LogP contribution is -2.39. The predicted molar refractivity (Wildman–Crippen MR) is 108 cm³/mol. The number of benzene rings is 1. The summed E-state index contributed by atoms with van der Waals surface area (Å²) in [7, 11) is -3.47. The van der Waals surface area contributed by atoms with Crippen LogP contribution < -0.4 is 0 Å². The normalized spacial score (nSPS) is 22.4. The van der Waals surface area contributed by atoms with E-state index in [2.05, 4.69) is 10.2 Å². The van der Waals surface area contributed by atoms with Gasteiger partial charge in [-0.05, 0) is 51.2 Å². The molecule has 0 N–H and O–H groups in total. The molecule has 1 unspecified atom stereocenters. The monoisotopic (exact) mass is 405 g/mol. The van der Waals surface area contributed by atoms with Crippen molar-refractivity contribution in [3.8, 4) is 0 Å². The molecule has 146 valence electrons. The molecule has 5 nitrogen and oxygen atoms in total. The summed E-state index contributed by atoms with van der Waals surface area (Å²) >= 11 is 1.71. The number of sulfonamides is 1. The Labute approximate surface area is 165 Å². The van der Waals surface area contributed by atoms with E-state index in [0.29, 0.717) is 23.9 Å². The predicted octanol–water partition coefficient (Wildman–Crippen LogP) is 4.38. The number of hydrogen-bond acceptors (Lipinski definition) is 5. The van der Waals surface area contributed by atoms with E-state index in [1.54, 1.807) is 21.7 Å². The fraction of sp³-hybridized carbons (Fsp3) is 0.600. The molecule has 2 fully saturated rings. The molecule has 27 heavy (non-hydrogen) atoms. The van der Waals surface area contributed by atoms with Crippen LogP contribution in [0, 0.1) is 13.8 Å². The minimum atomic E-state index is -3.47. The Bertz CT molecular complexity index is 917. The Morgan fingerprint density at radius 1 is 1.00 bits per heavy atom. The molecule has 1 aromatic carbocycles. The van der Waals surface area contributed by atoms with Crippen LogP contribution in [0.15, 0.2) is 23.1 Å². The van der Waals surface area contributed by atoms with Gasteiger partial charge >= 0.3 is 0 Å². The molecule has 1 aliphatic carbocycles. The second-order valence-corrected chi connectivity index (χ2v) is 10.9. The average molecular weight is 406 g/mol. The van der Waals surface area contributed by atoms with Crippen LogP contribution in [0.25, 0.3) is 0 Å². The molecule has 1 saturated heterocycles. The Hall–Kier alpha value is -1.31. The summed E-state index contributed by atoms with van der Waals surface area (Å²) in [5.74, 6) is 0.724. The zero-order valence-corrected chi connectivity index (χ0v) is 17.7. The summed E-state index contributed by atoms with van der Waals surface area (Å²) in [5, 5.41) is 11.1. The fourth-order valence-electron chi connectivity index (χ4n) is 4.34. The highest BCUT2D eigenvalue weighted by molar-refractivity contribution is 7.89. The number of aromatic nitrogens is 2. The molecular weight excluding hydrogens is 378 g/mol. The third kappa shape index (κ3) is 3.82. The maximum Gasteiger partial charge on any atom is 0.243 e. The molecule has 2 aromatic rings. The van der Waals surface area contributed by atoms with E-state index in [9.17, 15) is 8.42 Å². The van der Waals surface area contributed by atoms with Crippen molar-refractivity contribution >= 4 is 21.4 Å². The quantitative estimate of drug-likeness (QED) is 0.757. The minimum Gasteiger partial charge on any atom is -0.207 e. The van der Waals surface area contributed by atoms with Gasteiger partial charge in [0, 0.05) is 24.9 Å². The summed E-state index contributed by atoms with van der Waals surface area (Å²) in [6.07, 6.45) is 6.85. The molecule has 1 atom stereocenters. The molecule has 1 aliphatic heterocycles. The van der Waals surface area contributed by atoms with Crippen LogP contribution in [0.1, 0.15) is 71.5 Å². The number of hydrogen-bond donors (Lipinski definition) is 0. The van der Waals surface area contributed by atoms with Crippen molar-refractivity contribution in [1.82, 2.24) is 14.5 Å². The Kier molecular flexibility index (Phi) is 5.36. The van der Waals surface area contributed by atoms with Gasteiger partial charge in [-0.25, -0.2) is 8.42 Å². The zero-order valence-electron chi connectivity index (χ0n) is 16.0. The summed E-state index contributed by atoms with van der Waals surface area (Å²) < 4.78 is 28.1. The van der Waals surface area contributed by atoms with Gasteiger partial charge in [0.25, 0.3) is 0 Å². The van der Waals surface area contributed by atoms with Crippen LogP contribution in [-0.2, 0) is 10.0 Å². The first kappa shape index (κ1) is 19.0. The lowest BCUT2D eigenvalue weighted by atomic mass is 10.0. The molecule has 0 radical (unpaired) electrons. The standard InChI is InChI=1S/C20H27N3O2S2/c1-14-9-10-18(15(2)12-14)27(24,25)23-11-5-8-17(13-23)20-22-21-19(26-20)16-6-3-4-7-16/h9-10,12,16-17H,3-8,11,13H2,1-2H3. The van der Waals surface area contributed by atoms with Crippen molar-refractivity contribution in [3.05, 3.63) is 39.3 Å². The first-order valence-electron chi connectivity index (χ1n) is 9.86. The van der Waals surface area contributed by atoms with Crippen LogP contribution in [0.3, 0.4) is 0 Å². The number of rotatable bonds is 4. The first-order chi connectivity index (χ1) is 12.9. The van der Waals surface area contributed by atoms with Gasteiger partial charge in [0.2, 0.25) is 10.0 Å². The highest BCUT2D eigenvalue weighted by Gasteiger charge is 2.33. The van der Waals surface area contributed by atoms with E-state index >= 15 is 0 Å².